The van der Waals surface area contributed by atoms with Crippen LogP contribution in [-0.2, 0) is 0 Å². The molecule has 1 heterocycles. The number of hydrogen-bond donors (Lipinski definition) is 1. The molecule has 0 radical (unpaired) electrons. The van der Waals surface area contributed by atoms with Crippen LogP contribution in [0.5, 0.6) is 5.75 Å². The minimum absolute atomic E-state index is 0.324. The molecule has 1 aliphatic heterocycles. The molecule has 0 amide bonds. The standard InChI is InChI=1S/C15H22ClNO2/c1-12-4-2-3-9-17(12)10-14(18)11-19-15-7-5-13(16)6-8-15/h5-8,12,14,18H,2-4,9-11H2,1H3/t12-,14+/m1/s1. The van der Waals surface area contributed by atoms with E-state index in [4.69, 9.17) is 16.3 Å². The molecule has 19 heavy (non-hydrogen) atoms. The van der Waals surface area contributed by atoms with Gasteiger partial charge in [-0.3, -0.25) is 4.90 Å². The first-order valence-electron chi connectivity index (χ1n) is 6.95. The molecule has 0 aromatic heterocycles. The highest BCUT2D eigenvalue weighted by atomic mass is 35.5. The van der Waals surface area contributed by atoms with Gasteiger partial charge in [-0.2, -0.15) is 0 Å². The number of aliphatic hydroxyl groups is 1. The fraction of sp³-hybridized carbons (Fsp3) is 0.600. The van der Waals surface area contributed by atoms with E-state index in [-0.39, 0.29) is 0 Å². The summed E-state index contributed by atoms with van der Waals surface area (Å²) in [7, 11) is 0. The lowest BCUT2D eigenvalue weighted by atomic mass is 10.0. The Bertz CT molecular complexity index is 382. The molecular weight excluding hydrogens is 262 g/mol. The molecule has 1 aromatic carbocycles. The number of halogens is 1. The van der Waals surface area contributed by atoms with E-state index >= 15 is 0 Å². The Morgan fingerprint density at radius 2 is 2.11 bits per heavy atom. The van der Waals surface area contributed by atoms with Crippen LogP contribution in [0.15, 0.2) is 24.3 Å². The van der Waals surface area contributed by atoms with E-state index in [1.807, 2.05) is 12.1 Å². The van der Waals surface area contributed by atoms with Crippen molar-refractivity contribution in [3.63, 3.8) is 0 Å². The van der Waals surface area contributed by atoms with Crippen molar-refractivity contribution in [2.24, 2.45) is 0 Å². The Morgan fingerprint density at radius 1 is 1.37 bits per heavy atom. The van der Waals surface area contributed by atoms with Gasteiger partial charge in [-0.15, -0.1) is 0 Å². The van der Waals surface area contributed by atoms with Crippen molar-refractivity contribution < 1.29 is 9.84 Å². The Balaban J connectivity index is 1.74. The highest BCUT2D eigenvalue weighted by Gasteiger charge is 2.20. The largest absolute Gasteiger partial charge is 0.491 e. The maximum absolute atomic E-state index is 10.0. The van der Waals surface area contributed by atoms with Crippen LogP contribution >= 0.6 is 11.6 Å². The maximum Gasteiger partial charge on any atom is 0.119 e. The number of likely N-dealkylation sites (tertiary alicyclic amines) is 1. The number of nitrogens with zero attached hydrogens (tertiary/aromatic N) is 1. The molecule has 2 atom stereocenters. The number of β-amino-alcohol motifs (C(OH)–C–C–N with tert-alkyl or cyclic N) is 1. The summed E-state index contributed by atoms with van der Waals surface area (Å²) < 4.78 is 5.56. The topological polar surface area (TPSA) is 32.7 Å². The monoisotopic (exact) mass is 283 g/mol. The smallest absolute Gasteiger partial charge is 0.119 e. The molecule has 1 fully saturated rings. The van der Waals surface area contributed by atoms with E-state index in [1.54, 1.807) is 12.1 Å². The van der Waals surface area contributed by atoms with Gasteiger partial charge in [-0.05, 0) is 50.6 Å². The lowest BCUT2D eigenvalue weighted by molar-refractivity contribution is 0.0438. The summed E-state index contributed by atoms with van der Waals surface area (Å²) in [5.74, 6) is 0.746. The van der Waals surface area contributed by atoms with Crippen LogP contribution in [0, 0.1) is 0 Å². The number of hydrogen-bond acceptors (Lipinski definition) is 3. The number of benzene rings is 1. The van der Waals surface area contributed by atoms with Gasteiger partial charge in [0, 0.05) is 17.6 Å². The van der Waals surface area contributed by atoms with Gasteiger partial charge >= 0.3 is 0 Å². The molecule has 1 aromatic rings. The van der Waals surface area contributed by atoms with Crippen molar-refractivity contribution in [3.05, 3.63) is 29.3 Å². The highest BCUT2D eigenvalue weighted by Crippen LogP contribution is 2.18. The molecule has 3 nitrogen and oxygen atoms in total. The lowest BCUT2D eigenvalue weighted by Crippen LogP contribution is -2.43. The number of ether oxygens (including phenoxy) is 1. The van der Waals surface area contributed by atoms with Crippen molar-refractivity contribution >= 4 is 11.6 Å². The fourth-order valence-corrected chi connectivity index (χ4v) is 2.60. The van der Waals surface area contributed by atoms with Crippen molar-refractivity contribution in [2.45, 2.75) is 38.3 Å². The van der Waals surface area contributed by atoms with Crippen LogP contribution < -0.4 is 4.74 Å². The summed E-state index contributed by atoms with van der Waals surface area (Å²) in [6.45, 7) is 4.32. The first kappa shape index (κ1) is 14.6. The molecule has 1 saturated heterocycles. The molecule has 0 spiro atoms. The normalized spacial score (nSPS) is 22.2. The van der Waals surface area contributed by atoms with Gasteiger partial charge in [0.15, 0.2) is 0 Å². The fourth-order valence-electron chi connectivity index (χ4n) is 2.48. The van der Waals surface area contributed by atoms with Crippen molar-refractivity contribution in [1.82, 2.24) is 4.90 Å². The van der Waals surface area contributed by atoms with Crippen LogP contribution in [0.1, 0.15) is 26.2 Å². The summed E-state index contributed by atoms with van der Waals surface area (Å²) in [4.78, 5) is 2.35. The Hall–Kier alpha value is -0.770. The van der Waals surface area contributed by atoms with Gasteiger partial charge < -0.3 is 9.84 Å². The average molecular weight is 284 g/mol. The molecule has 0 bridgehead atoms. The van der Waals surface area contributed by atoms with Crippen LogP contribution in [0.2, 0.25) is 5.02 Å². The third-order valence-corrected chi connectivity index (χ3v) is 3.89. The van der Waals surface area contributed by atoms with Gasteiger partial charge in [-0.1, -0.05) is 18.0 Å². The third-order valence-electron chi connectivity index (χ3n) is 3.64. The van der Waals surface area contributed by atoms with Gasteiger partial charge in [0.25, 0.3) is 0 Å². The quantitative estimate of drug-likeness (QED) is 0.902. The Kier molecular flexibility index (Phi) is 5.49. The second kappa shape index (κ2) is 7.13. The zero-order chi connectivity index (χ0) is 13.7. The van der Waals surface area contributed by atoms with E-state index in [9.17, 15) is 5.11 Å². The Morgan fingerprint density at radius 3 is 2.79 bits per heavy atom. The maximum atomic E-state index is 10.0. The summed E-state index contributed by atoms with van der Waals surface area (Å²) in [6.07, 6.45) is 3.31. The van der Waals surface area contributed by atoms with Crippen molar-refractivity contribution in [3.8, 4) is 5.75 Å². The summed E-state index contributed by atoms with van der Waals surface area (Å²) in [5.41, 5.74) is 0. The van der Waals surface area contributed by atoms with Gasteiger partial charge in [0.05, 0.1) is 0 Å². The summed E-state index contributed by atoms with van der Waals surface area (Å²) in [5, 5.41) is 10.7. The number of aliphatic hydroxyl groups excluding tert-OH is 1. The molecule has 0 saturated carbocycles. The van der Waals surface area contributed by atoms with Crippen LogP contribution in [0.4, 0.5) is 0 Å². The van der Waals surface area contributed by atoms with Crippen molar-refractivity contribution in [2.75, 3.05) is 19.7 Å². The van der Waals surface area contributed by atoms with E-state index in [0.717, 1.165) is 12.3 Å². The minimum atomic E-state index is -0.448. The van der Waals surface area contributed by atoms with Crippen LogP contribution in [-0.4, -0.2) is 41.8 Å². The summed E-state index contributed by atoms with van der Waals surface area (Å²) in [6, 6.07) is 7.78. The van der Waals surface area contributed by atoms with Gasteiger partial charge in [0.1, 0.15) is 18.5 Å². The predicted octanol–water partition coefficient (Wildman–Crippen LogP) is 2.95. The second-order valence-electron chi connectivity index (χ2n) is 5.26. The molecule has 106 valence electrons. The van der Waals surface area contributed by atoms with Crippen LogP contribution in [0.3, 0.4) is 0 Å². The molecular formula is C15H22ClNO2. The summed E-state index contributed by atoms with van der Waals surface area (Å²) >= 11 is 5.81. The lowest BCUT2D eigenvalue weighted by Gasteiger charge is -2.34. The molecule has 1 N–H and O–H groups in total. The Labute approximate surface area is 120 Å². The van der Waals surface area contributed by atoms with Crippen molar-refractivity contribution in [1.29, 1.82) is 0 Å². The molecule has 2 rings (SSSR count). The molecule has 4 heteroatoms. The first-order chi connectivity index (χ1) is 9.15. The van der Waals surface area contributed by atoms with Gasteiger partial charge in [-0.25, -0.2) is 0 Å². The minimum Gasteiger partial charge on any atom is -0.491 e. The predicted molar refractivity (Wildman–Crippen MR) is 77.8 cm³/mol. The van der Waals surface area contributed by atoms with E-state index in [2.05, 4.69) is 11.8 Å². The number of rotatable bonds is 5. The van der Waals surface area contributed by atoms with Gasteiger partial charge in [0.2, 0.25) is 0 Å². The van der Waals surface area contributed by atoms with E-state index in [0.29, 0.717) is 24.2 Å². The zero-order valence-corrected chi connectivity index (χ0v) is 12.1. The molecule has 0 aliphatic carbocycles. The number of piperidine rings is 1. The SMILES string of the molecule is C[C@@H]1CCCCN1C[C@H](O)COc1ccc(Cl)cc1. The van der Waals surface area contributed by atoms with E-state index < -0.39 is 6.10 Å². The average Bonchev–Trinajstić information content (AvgIpc) is 2.41. The molecule has 1 aliphatic rings. The zero-order valence-electron chi connectivity index (χ0n) is 11.4. The van der Waals surface area contributed by atoms with E-state index in [1.165, 1.54) is 19.3 Å². The highest BCUT2D eigenvalue weighted by molar-refractivity contribution is 6.30. The molecule has 0 unspecified atom stereocenters. The van der Waals surface area contributed by atoms with Crippen LogP contribution in [0.25, 0.3) is 0 Å². The third kappa shape index (κ3) is 4.68. The first-order valence-corrected chi connectivity index (χ1v) is 7.33. The second-order valence-corrected chi connectivity index (χ2v) is 5.69.